The van der Waals surface area contributed by atoms with E-state index >= 15 is 0 Å². The van der Waals surface area contributed by atoms with Gasteiger partial charge >= 0.3 is 0 Å². The van der Waals surface area contributed by atoms with Gasteiger partial charge in [-0.3, -0.25) is 0 Å². The monoisotopic (exact) mass is 386 g/mol. The van der Waals surface area contributed by atoms with Gasteiger partial charge in [0.05, 0.1) is 0 Å². The van der Waals surface area contributed by atoms with E-state index in [-0.39, 0.29) is 24.8 Å². The van der Waals surface area contributed by atoms with Crippen molar-refractivity contribution in [2.24, 2.45) is 5.73 Å². The zero-order chi connectivity index (χ0) is 14.9. The molecule has 2 saturated carbocycles. The Morgan fingerprint density at radius 1 is 1.17 bits per heavy atom. The number of anilines is 1. The summed E-state index contributed by atoms with van der Waals surface area (Å²) in [7, 11) is 0. The van der Waals surface area contributed by atoms with Crippen LogP contribution >= 0.6 is 36.2 Å². The lowest BCUT2D eigenvalue weighted by atomic mass is 9.78. The molecule has 3 N–H and O–H groups in total. The average Bonchev–Trinajstić information content (AvgIpc) is 3.22. The fourth-order valence-corrected chi connectivity index (χ4v) is 3.69. The Hall–Kier alpha value is -0.880. The second kappa shape index (κ2) is 8.48. The molecule has 2 fully saturated rings. The minimum Gasteiger partial charge on any atom is -0.370 e. The summed E-state index contributed by atoms with van der Waals surface area (Å²) in [6.07, 6.45) is 5.65. The molecule has 0 saturated heterocycles. The van der Waals surface area contributed by atoms with Crippen molar-refractivity contribution >= 4 is 42.0 Å². The predicted octanol–water partition coefficient (Wildman–Crippen LogP) is 4.12. The highest BCUT2D eigenvalue weighted by molar-refractivity contribution is 7.09. The Morgan fingerprint density at radius 2 is 1.96 bits per heavy atom. The molecular formula is C17H24Cl2N4S. The van der Waals surface area contributed by atoms with E-state index < -0.39 is 0 Å². The van der Waals surface area contributed by atoms with Gasteiger partial charge in [0.2, 0.25) is 0 Å². The van der Waals surface area contributed by atoms with Crippen molar-refractivity contribution in [2.45, 2.75) is 50.0 Å². The Morgan fingerprint density at radius 3 is 2.58 bits per heavy atom. The molecule has 0 unspecified atom stereocenters. The number of nitrogens with one attached hydrogen (secondary N) is 1. The number of halogens is 2. The first-order chi connectivity index (χ1) is 10.8. The molecule has 4 nitrogen and oxygen atoms in total. The third-order valence-corrected chi connectivity index (χ3v) is 5.49. The Balaban J connectivity index is 0.00000104. The molecule has 0 aromatic carbocycles. The third-order valence-electron chi connectivity index (χ3n) is 4.56. The molecule has 0 aliphatic heterocycles. The topological polar surface area (TPSA) is 63.8 Å². The molecule has 2 aromatic rings. The van der Waals surface area contributed by atoms with Crippen molar-refractivity contribution in [2.75, 3.05) is 11.9 Å². The quantitative estimate of drug-likeness (QED) is 0.783. The normalized spacial score (nSPS) is 22.0. The highest BCUT2D eigenvalue weighted by Gasteiger charge is 2.32. The molecule has 2 heterocycles. The summed E-state index contributed by atoms with van der Waals surface area (Å²) in [5.41, 5.74) is 7.12. The van der Waals surface area contributed by atoms with Crippen molar-refractivity contribution in [3.8, 4) is 0 Å². The van der Waals surface area contributed by atoms with Crippen LogP contribution in [-0.4, -0.2) is 22.6 Å². The number of thiophene rings is 1. The van der Waals surface area contributed by atoms with Gasteiger partial charge in [0.1, 0.15) is 11.6 Å². The van der Waals surface area contributed by atoms with Crippen LogP contribution in [0.4, 0.5) is 5.82 Å². The first-order valence-corrected chi connectivity index (χ1v) is 9.06. The van der Waals surface area contributed by atoms with E-state index in [4.69, 9.17) is 15.7 Å². The number of nitrogens with two attached hydrogens (primary N) is 1. The number of hydrogen-bond acceptors (Lipinski definition) is 5. The molecule has 4 rings (SSSR count). The highest BCUT2D eigenvalue weighted by atomic mass is 35.5. The molecule has 2 aliphatic carbocycles. The minimum absolute atomic E-state index is 0. The number of aromatic nitrogens is 2. The van der Waals surface area contributed by atoms with Crippen LogP contribution in [0.2, 0.25) is 0 Å². The van der Waals surface area contributed by atoms with Crippen molar-refractivity contribution in [3.05, 3.63) is 40.0 Å². The summed E-state index contributed by atoms with van der Waals surface area (Å²) >= 11 is 1.81. The molecule has 0 atom stereocenters. The summed E-state index contributed by atoms with van der Waals surface area (Å²) < 4.78 is 0. The molecule has 0 spiro atoms. The SMILES string of the molecule is Cl.Cl.NC1CC(c2cc(NCCc3cccs3)nc(C3CC3)n2)C1. The lowest BCUT2D eigenvalue weighted by Gasteiger charge is -2.32. The lowest BCUT2D eigenvalue weighted by Crippen LogP contribution is -2.35. The van der Waals surface area contributed by atoms with E-state index in [0.717, 1.165) is 37.4 Å². The molecule has 0 radical (unpaired) electrons. The van der Waals surface area contributed by atoms with E-state index in [1.165, 1.54) is 23.4 Å². The van der Waals surface area contributed by atoms with E-state index in [9.17, 15) is 0 Å². The van der Waals surface area contributed by atoms with Crippen molar-refractivity contribution in [3.63, 3.8) is 0 Å². The average molecular weight is 387 g/mol. The fraction of sp³-hybridized carbons (Fsp3) is 0.529. The predicted molar refractivity (Wildman–Crippen MR) is 105 cm³/mol. The zero-order valence-electron chi connectivity index (χ0n) is 13.5. The van der Waals surface area contributed by atoms with Crippen LogP contribution in [0.15, 0.2) is 23.6 Å². The van der Waals surface area contributed by atoms with Gasteiger partial charge in [-0.05, 0) is 43.6 Å². The first kappa shape index (κ1) is 19.4. The maximum absolute atomic E-state index is 5.93. The largest absolute Gasteiger partial charge is 0.370 e. The van der Waals surface area contributed by atoms with Crippen LogP contribution in [0.5, 0.6) is 0 Å². The first-order valence-electron chi connectivity index (χ1n) is 8.18. The van der Waals surface area contributed by atoms with Crippen LogP contribution < -0.4 is 11.1 Å². The highest BCUT2D eigenvalue weighted by Crippen LogP contribution is 2.41. The number of rotatable bonds is 6. The Bertz CT molecular complexity index is 640. The maximum atomic E-state index is 5.93. The smallest absolute Gasteiger partial charge is 0.134 e. The lowest BCUT2D eigenvalue weighted by molar-refractivity contribution is 0.344. The molecule has 2 aromatic heterocycles. The molecule has 24 heavy (non-hydrogen) atoms. The van der Waals surface area contributed by atoms with Gasteiger partial charge in [-0.25, -0.2) is 9.97 Å². The van der Waals surface area contributed by atoms with E-state index in [2.05, 4.69) is 28.9 Å². The van der Waals surface area contributed by atoms with Gasteiger partial charge in [-0.1, -0.05) is 6.07 Å². The minimum atomic E-state index is 0. The third kappa shape index (κ3) is 4.60. The van der Waals surface area contributed by atoms with Gasteiger partial charge in [0.15, 0.2) is 0 Å². The molecule has 0 bridgehead atoms. The maximum Gasteiger partial charge on any atom is 0.134 e. The summed E-state index contributed by atoms with van der Waals surface area (Å²) in [6, 6.07) is 6.79. The van der Waals surface area contributed by atoms with Crippen LogP contribution in [0, 0.1) is 0 Å². The van der Waals surface area contributed by atoms with Gasteiger partial charge in [0.25, 0.3) is 0 Å². The van der Waals surface area contributed by atoms with Crippen molar-refractivity contribution in [1.29, 1.82) is 0 Å². The zero-order valence-corrected chi connectivity index (χ0v) is 15.9. The van der Waals surface area contributed by atoms with E-state index in [0.29, 0.717) is 17.9 Å². The summed E-state index contributed by atoms with van der Waals surface area (Å²) in [5, 5.41) is 5.61. The van der Waals surface area contributed by atoms with E-state index in [1.807, 2.05) is 11.3 Å². The van der Waals surface area contributed by atoms with E-state index in [1.54, 1.807) is 0 Å². The summed E-state index contributed by atoms with van der Waals surface area (Å²) in [4.78, 5) is 10.9. The Kier molecular flexibility index (Phi) is 6.87. The van der Waals surface area contributed by atoms with Crippen molar-refractivity contribution in [1.82, 2.24) is 9.97 Å². The summed E-state index contributed by atoms with van der Waals surface area (Å²) in [6.45, 7) is 0.922. The van der Waals surface area contributed by atoms with Crippen LogP contribution in [-0.2, 0) is 6.42 Å². The van der Waals surface area contributed by atoms with Gasteiger partial charge in [-0.15, -0.1) is 36.2 Å². The van der Waals surface area contributed by atoms with Crippen LogP contribution in [0.3, 0.4) is 0 Å². The molecule has 7 heteroatoms. The standard InChI is InChI=1S/C17H22N4S.2ClH/c18-13-8-12(9-13)15-10-16(21-17(20-15)11-3-4-11)19-6-5-14-2-1-7-22-14;;/h1-2,7,10-13H,3-6,8-9,18H2,(H,19,20,21);2*1H. The van der Waals surface area contributed by atoms with Crippen molar-refractivity contribution < 1.29 is 0 Å². The summed E-state index contributed by atoms with van der Waals surface area (Å²) in [5.74, 6) is 3.15. The molecule has 132 valence electrons. The van der Waals surface area contributed by atoms with Crippen LogP contribution in [0.25, 0.3) is 0 Å². The van der Waals surface area contributed by atoms with Gasteiger partial charge in [-0.2, -0.15) is 0 Å². The molecular weight excluding hydrogens is 363 g/mol. The number of hydrogen-bond donors (Lipinski definition) is 2. The second-order valence-electron chi connectivity index (χ2n) is 6.50. The number of nitrogens with zero attached hydrogens (tertiary/aromatic N) is 2. The molecule has 0 amide bonds. The van der Waals surface area contributed by atoms with Gasteiger partial charge < -0.3 is 11.1 Å². The second-order valence-corrected chi connectivity index (χ2v) is 7.53. The van der Waals surface area contributed by atoms with Crippen LogP contribution in [0.1, 0.15) is 53.9 Å². The fourth-order valence-electron chi connectivity index (χ4n) is 2.98. The Labute approximate surface area is 159 Å². The van der Waals surface area contributed by atoms with Gasteiger partial charge in [0, 0.05) is 41.1 Å². The molecule has 2 aliphatic rings.